The molecule has 0 spiro atoms. The van der Waals surface area contributed by atoms with Crippen molar-refractivity contribution in [3.8, 4) is 0 Å². The van der Waals surface area contributed by atoms with Crippen LogP contribution in [0.3, 0.4) is 0 Å². The quantitative estimate of drug-likeness (QED) is 0.567. The molecule has 0 aliphatic carbocycles. The molecule has 0 bridgehead atoms. The molecule has 0 saturated carbocycles. The van der Waals surface area contributed by atoms with E-state index in [9.17, 15) is 4.79 Å². The molecule has 0 atom stereocenters. The zero-order valence-electron chi connectivity index (χ0n) is 10.8. The second-order valence-electron chi connectivity index (χ2n) is 4.71. The summed E-state index contributed by atoms with van der Waals surface area (Å²) in [5.41, 5.74) is 8.37. The highest BCUT2D eigenvalue weighted by Crippen LogP contribution is 2.25. The molecule has 0 aliphatic heterocycles. The lowest BCUT2D eigenvalue weighted by atomic mass is 10.1. The number of halogens is 1. The van der Waals surface area contributed by atoms with Crippen molar-refractivity contribution in [2.75, 3.05) is 5.73 Å². The van der Waals surface area contributed by atoms with E-state index < -0.39 is 0 Å². The molecule has 20 heavy (non-hydrogen) atoms. The van der Waals surface area contributed by atoms with Crippen LogP contribution in [0.4, 0.5) is 5.69 Å². The molecule has 0 unspecified atom stereocenters. The Morgan fingerprint density at radius 2 is 1.95 bits per heavy atom. The number of nitrogens with two attached hydrogens (primary N) is 1. The molecule has 1 aromatic heterocycles. The van der Waals surface area contributed by atoms with Gasteiger partial charge in [0.1, 0.15) is 5.58 Å². The Balaban J connectivity index is 2.08. The second-order valence-corrected chi connectivity index (χ2v) is 5.15. The average molecular weight is 286 g/mol. The van der Waals surface area contributed by atoms with Gasteiger partial charge in [-0.3, -0.25) is 4.79 Å². The Kier molecular flexibility index (Phi) is 2.99. The molecule has 4 heteroatoms. The normalized spacial score (nSPS) is 10.9. The fourth-order valence-corrected chi connectivity index (χ4v) is 2.33. The number of fused-ring (bicyclic) bond motifs is 1. The molecule has 0 saturated heterocycles. The maximum Gasteiger partial charge on any atom is 0.230 e. The Morgan fingerprint density at radius 1 is 1.15 bits per heavy atom. The predicted molar refractivity (Wildman–Crippen MR) is 80.2 cm³/mol. The number of aryl methyl sites for hydroxylation is 1. The lowest BCUT2D eigenvalue weighted by Crippen LogP contribution is -2.04. The molecular formula is C16H12ClNO2. The van der Waals surface area contributed by atoms with Gasteiger partial charge in [-0.25, -0.2) is 0 Å². The van der Waals surface area contributed by atoms with Gasteiger partial charge in [0.15, 0.2) is 5.76 Å². The van der Waals surface area contributed by atoms with Crippen molar-refractivity contribution in [2.45, 2.75) is 6.92 Å². The van der Waals surface area contributed by atoms with Crippen LogP contribution in [-0.4, -0.2) is 5.78 Å². The van der Waals surface area contributed by atoms with Crippen LogP contribution in [0, 0.1) is 6.92 Å². The number of carbonyl (C=O) groups excluding carboxylic acids is 1. The van der Waals surface area contributed by atoms with E-state index in [0.717, 1.165) is 10.9 Å². The monoisotopic (exact) mass is 285 g/mol. The van der Waals surface area contributed by atoms with Crippen molar-refractivity contribution in [3.05, 3.63) is 64.4 Å². The van der Waals surface area contributed by atoms with Gasteiger partial charge in [0.05, 0.1) is 0 Å². The lowest BCUT2D eigenvalue weighted by Gasteiger charge is -2.02. The fraction of sp³-hybridized carbons (Fsp3) is 0.0625. The summed E-state index contributed by atoms with van der Waals surface area (Å²) in [6.45, 7) is 1.99. The Morgan fingerprint density at radius 3 is 2.70 bits per heavy atom. The van der Waals surface area contributed by atoms with E-state index in [0.29, 0.717) is 21.9 Å². The molecule has 100 valence electrons. The van der Waals surface area contributed by atoms with Gasteiger partial charge in [0, 0.05) is 21.7 Å². The fourth-order valence-electron chi connectivity index (χ4n) is 2.15. The third kappa shape index (κ3) is 2.17. The minimum Gasteiger partial charge on any atom is -0.453 e. The van der Waals surface area contributed by atoms with Gasteiger partial charge < -0.3 is 10.2 Å². The van der Waals surface area contributed by atoms with Crippen molar-refractivity contribution in [1.82, 2.24) is 0 Å². The average Bonchev–Trinajstić information content (AvgIpc) is 2.81. The summed E-state index contributed by atoms with van der Waals surface area (Å²) in [5.74, 6) is 0.0349. The second kappa shape index (κ2) is 4.69. The number of furan rings is 1. The van der Waals surface area contributed by atoms with Gasteiger partial charge in [-0.15, -0.1) is 0 Å². The van der Waals surface area contributed by atoms with Gasteiger partial charge in [0.25, 0.3) is 0 Å². The Labute approximate surface area is 120 Å². The molecule has 0 radical (unpaired) electrons. The molecule has 0 aliphatic rings. The zero-order valence-corrected chi connectivity index (χ0v) is 11.6. The minimum absolute atomic E-state index is 0.243. The third-order valence-corrected chi connectivity index (χ3v) is 3.39. The van der Waals surface area contributed by atoms with Crippen LogP contribution < -0.4 is 5.73 Å². The van der Waals surface area contributed by atoms with Crippen LogP contribution in [0.2, 0.25) is 5.02 Å². The molecular weight excluding hydrogens is 274 g/mol. The van der Waals surface area contributed by atoms with Crippen LogP contribution in [0.1, 0.15) is 21.7 Å². The van der Waals surface area contributed by atoms with E-state index in [1.807, 2.05) is 25.1 Å². The molecule has 2 aromatic carbocycles. The van der Waals surface area contributed by atoms with Crippen LogP contribution in [0.15, 0.2) is 46.9 Å². The maximum atomic E-state index is 12.4. The zero-order chi connectivity index (χ0) is 14.3. The number of hydrogen-bond donors (Lipinski definition) is 1. The number of ketones is 1. The summed E-state index contributed by atoms with van der Waals surface area (Å²) < 4.78 is 5.59. The predicted octanol–water partition coefficient (Wildman–Crippen LogP) is 4.21. The first-order valence-electron chi connectivity index (χ1n) is 6.14. The topological polar surface area (TPSA) is 56.2 Å². The van der Waals surface area contributed by atoms with E-state index in [1.54, 1.807) is 24.3 Å². The van der Waals surface area contributed by atoms with E-state index in [2.05, 4.69) is 0 Å². The van der Waals surface area contributed by atoms with Crippen LogP contribution in [0.5, 0.6) is 0 Å². The number of nitrogen functional groups attached to an aromatic ring is 1. The molecule has 2 N–H and O–H groups in total. The molecule has 3 rings (SSSR count). The highest BCUT2D eigenvalue weighted by Gasteiger charge is 2.17. The highest BCUT2D eigenvalue weighted by atomic mass is 35.5. The highest BCUT2D eigenvalue weighted by molar-refractivity contribution is 6.31. The first kappa shape index (κ1) is 12.8. The summed E-state index contributed by atoms with van der Waals surface area (Å²) in [4.78, 5) is 12.4. The maximum absolute atomic E-state index is 12.4. The van der Waals surface area contributed by atoms with Gasteiger partial charge in [-0.2, -0.15) is 0 Å². The summed E-state index contributed by atoms with van der Waals surface area (Å²) in [6, 6.07) is 12.3. The number of carbonyl (C=O) groups is 1. The standard InChI is InChI=1S/C16H12ClNO2/c1-9-2-5-14-10(6-9)7-15(20-14)16(19)12-4-3-11(17)8-13(12)18/h2-8H,18H2,1H3. The third-order valence-electron chi connectivity index (χ3n) is 3.15. The number of anilines is 1. The molecule has 3 aromatic rings. The van der Waals surface area contributed by atoms with E-state index in [4.69, 9.17) is 21.8 Å². The number of hydrogen-bond acceptors (Lipinski definition) is 3. The summed E-state index contributed by atoms with van der Waals surface area (Å²) in [5, 5.41) is 1.40. The Hall–Kier alpha value is -2.26. The van der Waals surface area contributed by atoms with Crippen molar-refractivity contribution in [3.63, 3.8) is 0 Å². The molecule has 0 fully saturated rings. The van der Waals surface area contributed by atoms with Crippen molar-refractivity contribution >= 4 is 34.0 Å². The molecule has 1 heterocycles. The van der Waals surface area contributed by atoms with Gasteiger partial charge in [-0.1, -0.05) is 23.2 Å². The largest absolute Gasteiger partial charge is 0.453 e. The Bertz CT molecular complexity index is 820. The minimum atomic E-state index is -0.243. The first-order valence-corrected chi connectivity index (χ1v) is 6.52. The van der Waals surface area contributed by atoms with Crippen molar-refractivity contribution < 1.29 is 9.21 Å². The lowest BCUT2D eigenvalue weighted by molar-refractivity contribution is 0.101. The smallest absolute Gasteiger partial charge is 0.230 e. The SMILES string of the molecule is Cc1ccc2oc(C(=O)c3ccc(Cl)cc3N)cc2c1. The summed E-state index contributed by atoms with van der Waals surface area (Å²) >= 11 is 5.83. The van der Waals surface area contributed by atoms with E-state index in [1.165, 1.54) is 0 Å². The van der Waals surface area contributed by atoms with Gasteiger partial charge in [-0.05, 0) is 43.3 Å². The van der Waals surface area contributed by atoms with E-state index >= 15 is 0 Å². The summed E-state index contributed by atoms with van der Waals surface area (Å²) in [7, 11) is 0. The van der Waals surface area contributed by atoms with Crippen LogP contribution >= 0.6 is 11.6 Å². The van der Waals surface area contributed by atoms with Crippen LogP contribution in [-0.2, 0) is 0 Å². The first-order chi connectivity index (χ1) is 9.54. The summed E-state index contributed by atoms with van der Waals surface area (Å²) in [6.07, 6.45) is 0. The van der Waals surface area contributed by atoms with Gasteiger partial charge >= 0.3 is 0 Å². The van der Waals surface area contributed by atoms with Crippen LogP contribution in [0.25, 0.3) is 11.0 Å². The van der Waals surface area contributed by atoms with E-state index in [-0.39, 0.29) is 11.5 Å². The molecule has 0 amide bonds. The number of rotatable bonds is 2. The van der Waals surface area contributed by atoms with Gasteiger partial charge in [0.2, 0.25) is 5.78 Å². The van der Waals surface area contributed by atoms with Crippen molar-refractivity contribution in [1.29, 1.82) is 0 Å². The van der Waals surface area contributed by atoms with Crippen molar-refractivity contribution in [2.24, 2.45) is 0 Å². The number of benzene rings is 2. The molecule has 3 nitrogen and oxygen atoms in total.